The summed E-state index contributed by atoms with van der Waals surface area (Å²) in [5.74, 6) is 0. The SMILES string of the molecule is C[C](C)(C)[Al]([CH]=O)[C](C)(C)C. The van der Waals surface area contributed by atoms with Gasteiger partial charge in [-0.1, -0.05) is 50.1 Å². The fourth-order valence-electron chi connectivity index (χ4n) is 1.71. The van der Waals surface area contributed by atoms with E-state index in [-0.39, 0.29) is 8.55 Å². The minimum Gasteiger partial charge on any atom is -0.324 e. The average Bonchev–Trinajstić information content (AvgIpc) is 1.56. The summed E-state index contributed by atoms with van der Waals surface area (Å²) >= 11 is -1.27. The maximum absolute atomic E-state index is 10.9. The molecule has 0 N–H and O–H groups in total. The zero-order valence-electron chi connectivity index (χ0n) is 8.56. The molecule has 0 aliphatic carbocycles. The first-order valence-electron chi connectivity index (χ1n) is 4.15. The molecule has 0 unspecified atom stereocenters. The van der Waals surface area contributed by atoms with E-state index in [0.717, 1.165) is 0 Å². The highest BCUT2D eigenvalue weighted by Crippen LogP contribution is 2.40. The lowest BCUT2D eigenvalue weighted by atomic mass is 10.2. The third-order valence-corrected chi connectivity index (χ3v) is 6.01. The molecule has 0 aromatic heterocycles. The van der Waals surface area contributed by atoms with Crippen molar-refractivity contribution in [1.82, 2.24) is 0 Å². The van der Waals surface area contributed by atoms with Crippen LogP contribution >= 0.6 is 0 Å². The molecule has 11 heavy (non-hydrogen) atoms. The van der Waals surface area contributed by atoms with E-state index in [9.17, 15) is 4.79 Å². The Morgan fingerprint density at radius 3 is 1.18 bits per heavy atom. The van der Waals surface area contributed by atoms with Crippen molar-refractivity contribution in [3.63, 3.8) is 0 Å². The maximum atomic E-state index is 10.9. The van der Waals surface area contributed by atoms with Gasteiger partial charge >= 0.3 is 14.1 Å². The smallest absolute Gasteiger partial charge is 0.324 e. The molecule has 2 heteroatoms. The van der Waals surface area contributed by atoms with Gasteiger partial charge in [0.1, 0.15) is 0 Å². The van der Waals surface area contributed by atoms with Crippen LogP contribution in [0.25, 0.3) is 0 Å². The lowest BCUT2D eigenvalue weighted by molar-refractivity contribution is 0.559. The normalized spacial score (nSPS) is 12.9. The summed E-state index contributed by atoms with van der Waals surface area (Å²) in [6, 6.07) is 0. The molecule has 0 aromatic carbocycles. The van der Waals surface area contributed by atoms with E-state index in [0.29, 0.717) is 0 Å². The van der Waals surface area contributed by atoms with Gasteiger partial charge < -0.3 is 4.79 Å². The highest BCUT2D eigenvalue weighted by molar-refractivity contribution is 6.88. The third kappa shape index (κ3) is 3.40. The summed E-state index contributed by atoms with van der Waals surface area (Å²) in [5.41, 5.74) is 0. The first-order valence-corrected chi connectivity index (χ1v) is 5.97. The van der Waals surface area contributed by atoms with Crippen molar-refractivity contribution in [3.05, 3.63) is 0 Å². The van der Waals surface area contributed by atoms with Gasteiger partial charge in [-0.15, -0.1) is 0 Å². The Kier molecular flexibility index (Phi) is 3.35. The Bertz CT molecular complexity index is 125. The number of hydrogen-bond donors (Lipinski definition) is 0. The van der Waals surface area contributed by atoms with Crippen molar-refractivity contribution in [2.75, 3.05) is 0 Å². The highest BCUT2D eigenvalue weighted by atomic mass is 27.2. The van der Waals surface area contributed by atoms with Gasteiger partial charge in [0.2, 0.25) is 0 Å². The zero-order valence-corrected chi connectivity index (χ0v) is 9.72. The molecule has 0 atom stereocenters. The zero-order chi connectivity index (χ0) is 9.28. The lowest BCUT2D eigenvalue weighted by Gasteiger charge is -2.31. The van der Waals surface area contributed by atoms with Gasteiger partial charge in [0.05, 0.1) is 0 Å². The van der Waals surface area contributed by atoms with Crippen LogP contribution < -0.4 is 0 Å². The van der Waals surface area contributed by atoms with Crippen LogP contribution in [0.4, 0.5) is 0 Å². The van der Waals surface area contributed by atoms with Crippen molar-refractivity contribution < 1.29 is 4.79 Å². The summed E-state index contributed by atoms with van der Waals surface area (Å²) in [7, 11) is 0. The quantitative estimate of drug-likeness (QED) is 0.437. The molecule has 0 rings (SSSR count). The van der Waals surface area contributed by atoms with Crippen molar-refractivity contribution >= 4 is 19.3 Å². The van der Waals surface area contributed by atoms with Crippen molar-refractivity contribution in [3.8, 4) is 0 Å². The molecule has 0 fully saturated rings. The van der Waals surface area contributed by atoms with Gasteiger partial charge in [-0.3, -0.25) is 0 Å². The molecule has 0 aliphatic rings. The lowest BCUT2D eigenvalue weighted by Crippen LogP contribution is -2.36. The van der Waals surface area contributed by atoms with E-state index >= 15 is 0 Å². The predicted octanol–water partition coefficient (Wildman–Crippen LogP) is 2.85. The second-order valence-corrected chi connectivity index (χ2v) is 10.0. The van der Waals surface area contributed by atoms with Crippen molar-refractivity contribution in [1.29, 1.82) is 0 Å². The fraction of sp³-hybridized carbons (Fsp3) is 0.889. The highest BCUT2D eigenvalue weighted by Gasteiger charge is 2.41. The minimum atomic E-state index is -1.27. The Labute approximate surface area is 74.6 Å². The van der Waals surface area contributed by atoms with Crippen LogP contribution in [-0.2, 0) is 4.79 Å². The Hall–Kier alpha value is 0.202. The standard InChI is InChI=1S/2C4H9.CHO.Al/c2*1-4(2)3;1-2;/h2*1-3H3;1H;. The predicted molar refractivity (Wildman–Crippen MR) is 51.9 cm³/mol. The van der Waals surface area contributed by atoms with Crippen LogP contribution in [0.1, 0.15) is 41.5 Å². The molecule has 0 bridgehead atoms. The molecule has 1 nitrogen and oxygen atoms in total. The van der Waals surface area contributed by atoms with E-state index in [1.54, 1.807) is 0 Å². The maximum Gasteiger partial charge on any atom is 0.371 e. The molecule has 0 radical (unpaired) electrons. The van der Waals surface area contributed by atoms with Gasteiger partial charge in [0.15, 0.2) is 0 Å². The van der Waals surface area contributed by atoms with Gasteiger partial charge in [-0.05, 0) is 0 Å². The van der Waals surface area contributed by atoms with E-state index in [2.05, 4.69) is 41.5 Å². The largest absolute Gasteiger partial charge is 0.371 e. The fourth-order valence-corrected chi connectivity index (χ4v) is 5.12. The molecule has 0 saturated carbocycles. The van der Waals surface area contributed by atoms with Crippen LogP contribution in [-0.4, -0.2) is 19.3 Å². The number of hydrogen-bond acceptors (Lipinski definition) is 1. The summed E-state index contributed by atoms with van der Waals surface area (Å²) in [6.45, 7) is 13.0. The Morgan fingerprint density at radius 2 is 1.18 bits per heavy atom. The molecule has 0 saturated heterocycles. The number of carbonyl (C=O) groups excluding carboxylic acids is 1. The van der Waals surface area contributed by atoms with Crippen molar-refractivity contribution in [2.24, 2.45) is 0 Å². The van der Waals surface area contributed by atoms with Crippen LogP contribution in [0.2, 0.25) is 8.55 Å². The van der Waals surface area contributed by atoms with Gasteiger partial charge in [0.25, 0.3) is 0 Å². The summed E-state index contributed by atoms with van der Waals surface area (Å²) in [5, 5.41) is 1.22. The van der Waals surface area contributed by atoms with Crippen LogP contribution in [0.5, 0.6) is 0 Å². The van der Waals surface area contributed by atoms with Crippen LogP contribution in [0, 0.1) is 0 Å². The second kappa shape index (κ2) is 3.29. The number of rotatable bonds is 1. The topological polar surface area (TPSA) is 17.1 Å². The molecular formula is C9H19AlO. The molecule has 0 amide bonds. The van der Waals surface area contributed by atoms with Crippen LogP contribution in [0.3, 0.4) is 0 Å². The molecule has 64 valence electrons. The molecular weight excluding hydrogens is 151 g/mol. The number of carbonyl (C=O) groups is 1. The first-order chi connectivity index (χ1) is 4.69. The molecule has 0 spiro atoms. The average molecular weight is 170 g/mol. The monoisotopic (exact) mass is 170 g/mol. The van der Waals surface area contributed by atoms with E-state index in [1.165, 1.54) is 5.15 Å². The summed E-state index contributed by atoms with van der Waals surface area (Å²) in [4.78, 5) is 10.9. The second-order valence-electron chi connectivity index (χ2n) is 5.35. The van der Waals surface area contributed by atoms with Gasteiger partial charge in [0, 0.05) is 5.15 Å². The molecule has 0 aromatic rings. The van der Waals surface area contributed by atoms with E-state index in [1.807, 2.05) is 0 Å². The van der Waals surface area contributed by atoms with Gasteiger partial charge in [-0.2, -0.15) is 0 Å². The van der Waals surface area contributed by atoms with E-state index < -0.39 is 14.1 Å². The van der Waals surface area contributed by atoms with Gasteiger partial charge in [-0.25, -0.2) is 0 Å². The molecule has 0 heterocycles. The Morgan fingerprint density at radius 1 is 0.909 bits per heavy atom. The van der Waals surface area contributed by atoms with E-state index in [4.69, 9.17) is 0 Å². The van der Waals surface area contributed by atoms with Crippen molar-refractivity contribution in [2.45, 2.75) is 50.1 Å². The first kappa shape index (κ1) is 11.2. The van der Waals surface area contributed by atoms with Crippen LogP contribution in [0.15, 0.2) is 0 Å². The summed E-state index contributed by atoms with van der Waals surface area (Å²) < 4.78 is 0.444. The Balaban J connectivity index is 4.56. The summed E-state index contributed by atoms with van der Waals surface area (Å²) in [6.07, 6.45) is 0. The third-order valence-electron chi connectivity index (χ3n) is 2.00. The molecule has 0 aliphatic heterocycles. The minimum absolute atomic E-state index is 0.222.